The van der Waals surface area contributed by atoms with Gasteiger partial charge in [0.05, 0.1) is 24.3 Å². The molecule has 0 amide bonds. The minimum Gasteiger partial charge on any atom is -0.362 e. The van der Waals surface area contributed by atoms with Crippen molar-refractivity contribution in [1.29, 1.82) is 0 Å². The molecule has 8 nitrogen and oxygen atoms in total. The second-order valence-corrected chi connectivity index (χ2v) is 4.29. The van der Waals surface area contributed by atoms with Gasteiger partial charge in [0.15, 0.2) is 11.4 Å². The molecule has 0 atom stereocenters. The highest BCUT2D eigenvalue weighted by Gasteiger charge is 2.09. The molecule has 8 heteroatoms. The number of nitrogens with one attached hydrogen (secondary N) is 3. The Kier molecular flexibility index (Phi) is 3.44. The number of hydrogen-bond donors (Lipinski definition) is 3. The molecule has 0 aliphatic carbocycles. The quantitative estimate of drug-likeness (QED) is 0.628. The summed E-state index contributed by atoms with van der Waals surface area (Å²) >= 11 is 0. The van der Waals surface area contributed by atoms with Crippen LogP contribution in [0.2, 0.25) is 0 Å². The second kappa shape index (κ2) is 5.55. The number of H-pyrrole nitrogens is 1. The molecule has 3 rings (SSSR count). The van der Waals surface area contributed by atoms with E-state index < -0.39 is 0 Å². The van der Waals surface area contributed by atoms with Gasteiger partial charge >= 0.3 is 0 Å². The van der Waals surface area contributed by atoms with Gasteiger partial charge in [-0.1, -0.05) is 12.1 Å². The van der Waals surface area contributed by atoms with Gasteiger partial charge in [-0.2, -0.15) is 15.1 Å². The van der Waals surface area contributed by atoms with Gasteiger partial charge < -0.3 is 15.2 Å². The van der Waals surface area contributed by atoms with E-state index in [0.717, 1.165) is 24.1 Å². The normalized spacial score (nSPS) is 10.8. The fraction of sp³-hybridized carbons (Fsp3) is 0.333. The third-order valence-corrected chi connectivity index (χ3v) is 2.76. The van der Waals surface area contributed by atoms with Crippen molar-refractivity contribution in [3.63, 3.8) is 0 Å². The first kappa shape index (κ1) is 12.4. The summed E-state index contributed by atoms with van der Waals surface area (Å²) in [6.07, 6.45) is 4.31. The number of aromatic nitrogens is 5. The van der Waals surface area contributed by atoms with Crippen LogP contribution in [-0.4, -0.2) is 31.9 Å². The summed E-state index contributed by atoms with van der Waals surface area (Å²) in [7, 11) is 0. The van der Waals surface area contributed by atoms with E-state index in [0.29, 0.717) is 24.0 Å². The molecular formula is C12H15N7O. The lowest BCUT2D eigenvalue weighted by Gasteiger charge is -2.08. The van der Waals surface area contributed by atoms with Crippen molar-refractivity contribution in [2.75, 3.05) is 17.2 Å². The van der Waals surface area contributed by atoms with Gasteiger partial charge in [-0.3, -0.25) is 5.10 Å². The van der Waals surface area contributed by atoms with Crippen molar-refractivity contribution in [2.24, 2.45) is 0 Å². The van der Waals surface area contributed by atoms with E-state index >= 15 is 0 Å². The van der Waals surface area contributed by atoms with Gasteiger partial charge in [-0.15, -0.1) is 0 Å². The standard InChI is InChI=1S/C12H15N7O/c1-2-4-13-12-17-10(9-7-15-19-11(9)18-12)14-6-8-3-5-16-20-8/h3,5,7H,2,4,6H2,1H3,(H3,13,14,15,17,18,19). The molecular weight excluding hydrogens is 258 g/mol. The van der Waals surface area contributed by atoms with Gasteiger partial charge in [0, 0.05) is 12.6 Å². The number of rotatable bonds is 6. The second-order valence-electron chi connectivity index (χ2n) is 4.29. The van der Waals surface area contributed by atoms with E-state index in [1.165, 1.54) is 0 Å². The fourth-order valence-corrected chi connectivity index (χ4v) is 1.79. The lowest BCUT2D eigenvalue weighted by Crippen LogP contribution is -2.08. The van der Waals surface area contributed by atoms with E-state index in [4.69, 9.17) is 4.52 Å². The fourth-order valence-electron chi connectivity index (χ4n) is 1.79. The highest BCUT2D eigenvalue weighted by atomic mass is 16.5. The summed E-state index contributed by atoms with van der Waals surface area (Å²) in [4.78, 5) is 8.82. The Hall–Kier alpha value is -2.64. The smallest absolute Gasteiger partial charge is 0.226 e. The zero-order valence-corrected chi connectivity index (χ0v) is 11.1. The lowest BCUT2D eigenvalue weighted by atomic mass is 10.3. The van der Waals surface area contributed by atoms with Crippen LogP contribution in [0.5, 0.6) is 0 Å². The van der Waals surface area contributed by atoms with Crippen LogP contribution in [0, 0.1) is 0 Å². The van der Waals surface area contributed by atoms with Crippen molar-refractivity contribution in [3.8, 4) is 0 Å². The Labute approximate surface area is 115 Å². The molecule has 0 fully saturated rings. The molecule has 20 heavy (non-hydrogen) atoms. The first-order valence-corrected chi connectivity index (χ1v) is 6.45. The van der Waals surface area contributed by atoms with Gasteiger partial charge in [-0.25, -0.2) is 0 Å². The number of anilines is 2. The molecule has 0 unspecified atom stereocenters. The van der Waals surface area contributed by atoms with Crippen molar-refractivity contribution in [3.05, 3.63) is 24.2 Å². The Bertz CT molecular complexity index is 676. The van der Waals surface area contributed by atoms with Crippen LogP contribution in [-0.2, 0) is 6.54 Å². The molecule has 0 spiro atoms. The minimum absolute atomic E-state index is 0.504. The van der Waals surface area contributed by atoms with Crippen molar-refractivity contribution in [2.45, 2.75) is 19.9 Å². The zero-order valence-electron chi connectivity index (χ0n) is 11.1. The first-order chi connectivity index (χ1) is 9.86. The maximum atomic E-state index is 5.05. The monoisotopic (exact) mass is 273 g/mol. The van der Waals surface area contributed by atoms with Crippen LogP contribution in [0.3, 0.4) is 0 Å². The lowest BCUT2D eigenvalue weighted by molar-refractivity contribution is 0.388. The Morgan fingerprint density at radius 1 is 1.30 bits per heavy atom. The van der Waals surface area contributed by atoms with E-state index in [-0.39, 0.29) is 0 Å². The van der Waals surface area contributed by atoms with Gasteiger partial charge in [0.25, 0.3) is 0 Å². The Balaban J connectivity index is 1.85. The largest absolute Gasteiger partial charge is 0.362 e. The Morgan fingerprint density at radius 3 is 3.05 bits per heavy atom. The molecule has 3 aromatic rings. The third-order valence-electron chi connectivity index (χ3n) is 2.76. The molecule has 0 aliphatic rings. The summed E-state index contributed by atoms with van der Waals surface area (Å²) in [6.45, 7) is 3.41. The topological polar surface area (TPSA) is 105 Å². The predicted molar refractivity (Wildman–Crippen MR) is 74.3 cm³/mol. The zero-order chi connectivity index (χ0) is 13.8. The van der Waals surface area contributed by atoms with E-state index in [2.05, 4.69) is 42.9 Å². The van der Waals surface area contributed by atoms with Gasteiger partial charge in [0.2, 0.25) is 5.95 Å². The molecule has 0 radical (unpaired) electrons. The van der Waals surface area contributed by atoms with Gasteiger partial charge in [0.1, 0.15) is 5.82 Å². The summed E-state index contributed by atoms with van der Waals surface area (Å²) in [6, 6.07) is 1.80. The average molecular weight is 273 g/mol. The maximum absolute atomic E-state index is 5.05. The summed E-state index contributed by atoms with van der Waals surface area (Å²) in [5, 5.41) is 17.7. The predicted octanol–water partition coefficient (Wildman–Crippen LogP) is 1.77. The SMILES string of the molecule is CCCNc1nc(NCc2ccno2)c2cn[nH]c2n1. The third kappa shape index (κ3) is 2.53. The van der Waals surface area contributed by atoms with Gasteiger partial charge in [-0.05, 0) is 6.42 Å². The van der Waals surface area contributed by atoms with E-state index in [9.17, 15) is 0 Å². The average Bonchev–Trinajstić information content (AvgIpc) is 3.13. The van der Waals surface area contributed by atoms with Crippen LogP contribution in [0.4, 0.5) is 11.8 Å². The van der Waals surface area contributed by atoms with Crippen molar-refractivity contribution < 1.29 is 4.52 Å². The highest BCUT2D eigenvalue weighted by molar-refractivity contribution is 5.86. The molecule has 0 saturated carbocycles. The van der Waals surface area contributed by atoms with Crippen LogP contribution >= 0.6 is 0 Å². The number of aromatic amines is 1. The first-order valence-electron chi connectivity index (χ1n) is 6.45. The molecule has 0 aliphatic heterocycles. The molecule has 0 bridgehead atoms. The summed E-state index contributed by atoms with van der Waals surface area (Å²) in [5.41, 5.74) is 0.693. The summed E-state index contributed by atoms with van der Waals surface area (Å²) in [5.74, 6) is 2.02. The van der Waals surface area contributed by atoms with Crippen LogP contribution in [0.25, 0.3) is 11.0 Å². The van der Waals surface area contributed by atoms with Crippen LogP contribution in [0.1, 0.15) is 19.1 Å². The van der Waals surface area contributed by atoms with Crippen molar-refractivity contribution >= 4 is 22.8 Å². The van der Waals surface area contributed by atoms with Crippen molar-refractivity contribution in [1.82, 2.24) is 25.3 Å². The summed E-state index contributed by atoms with van der Waals surface area (Å²) < 4.78 is 5.05. The highest BCUT2D eigenvalue weighted by Crippen LogP contribution is 2.20. The number of fused-ring (bicyclic) bond motifs is 1. The molecule has 0 aromatic carbocycles. The Morgan fingerprint density at radius 2 is 2.25 bits per heavy atom. The molecule has 3 heterocycles. The molecule has 104 valence electrons. The van der Waals surface area contributed by atoms with Crippen LogP contribution in [0.15, 0.2) is 23.0 Å². The molecule has 3 aromatic heterocycles. The number of nitrogens with zero attached hydrogens (tertiary/aromatic N) is 4. The minimum atomic E-state index is 0.504. The molecule has 0 saturated heterocycles. The van der Waals surface area contributed by atoms with E-state index in [1.54, 1.807) is 18.5 Å². The van der Waals surface area contributed by atoms with Crippen LogP contribution < -0.4 is 10.6 Å². The van der Waals surface area contributed by atoms with E-state index in [1.807, 2.05) is 0 Å². The number of hydrogen-bond acceptors (Lipinski definition) is 7. The maximum Gasteiger partial charge on any atom is 0.226 e. The molecule has 3 N–H and O–H groups in total.